The second-order valence-electron chi connectivity index (χ2n) is 3.87. The minimum Gasteiger partial charge on any atom is -0.492 e. The van der Waals surface area contributed by atoms with E-state index in [0.717, 1.165) is 24.3 Å². The summed E-state index contributed by atoms with van der Waals surface area (Å²) in [5.74, 6) is -0.193. The number of carbonyl (C=O) groups is 1. The molecule has 0 spiro atoms. The number of hydrogen-bond acceptors (Lipinski definition) is 3. The summed E-state index contributed by atoms with van der Waals surface area (Å²) in [6.07, 6.45) is 2.28. The number of anilines is 1. The summed E-state index contributed by atoms with van der Waals surface area (Å²) < 4.78 is 5.44. The summed E-state index contributed by atoms with van der Waals surface area (Å²) >= 11 is 0. The van der Waals surface area contributed by atoms with E-state index in [4.69, 9.17) is 9.84 Å². The molecule has 1 fully saturated rings. The number of carboxylic acid groups (broad SMARTS) is 1. The molecule has 0 unspecified atom stereocenters. The Labute approximate surface area is 94.2 Å². The van der Waals surface area contributed by atoms with Crippen molar-refractivity contribution in [2.75, 3.05) is 11.9 Å². The van der Waals surface area contributed by atoms with Crippen LogP contribution in [0.2, 0.25) is 0 Å². The number of ether oxygens (including phenoxy) is 1. The maximum Gasteiger partial charge on any atom is 0.335 e. The first-order valence-electron chi connectivity index (χ1n) is 5.47. The van der Waals surface area contributed by atoms with Crippen LogP contribution in [0.1, 0.15) is 30.1 Å². The highest BCUT2D eigenvalue weighted by atomic mass is 16.5. The maximum atomic E-state index is 10.9. The number of hydrogen-bond donors (Lipinski definition) is 2. The molecular weight excluding hydrogens is 206 g/mol. The Kier molecular flexibility index (Phi) is 2.99. The first-order chi connectivity index (χ1) is 7.70. The van der Waals surface area contributed by atoms with Crippen molar-refractivity contribution >= 4 is 11.7 Å². The third kappa shape index (κ3) is 2.45. The van der Waals surface area contributed by atoms with Crippen molar-refractivity contribution in [3.05, 3.63) is 23.8 Å². The highest BCUT2D eigenvalue weighted by Gasteiger charge is 2.22. The number of benzene rings is 1. The molecule has 0 bridgehead atoms. The van der Waals surface area contributed by atoms with Crippen molar-refractivity contribution < 1.29 is 14.6 Å². The van der Waals surface area contributed by atoms with Gasteiger partial charge in [-0.1, -0.05) is 0 Å². The molecule has 1 aliphatic carbocycles. The zero-order valence-corrected chi connectivity index (χ0v) is 9.19. The molecule has 86 valence electrons. The van der Waals surface area contributed by atoms with Gasteiger partial charge in [-0.3, -0.25) is 0 Å². The fraction of sp³-hybridized carbons (Fsp3) is 0.417. The molecule has 1 aromatic rings. The minimum atomic E-state index is -0.915. The third-order valence-electron chi connectivity index (χ3n) is 2.46. The van der Waals surface area contributed by atoms with Gasteiger partial charge in [0.1, 0.15) is 5.75 Å². The van der Waals surface area contributed by atoms with Crippen LogP contribution in [0, 0.1) is 0 Å². The molecule has 1 aromatic carbocycles. The molecule has 4 nitrogen and oxygen atoms in total. The second kappa shape index (κ2) is 4.43. The van der Waals surface area contributed by atoms with Crippen molar-refractivity contribution in [3.8, 4) is 5.75 Å². The van der Waals surface area contributed by atoms with E-state index in [1.165, 1.54) is 0 Å². The Morgan fingerprint density at radius 1 is 1.56 bits per heavy atom. The van der Waals surface area contributed by atoms with Gasteiger partial charge in [-0.2, -0.15) is 0 Å². The average Bonchev–Trinajstić information content (AvgIpc) is 3.04. The standard InChI is InChI=1S/C12H15NO3/c1-2-16-11-6-3-8(12(14)15)7-10(11)13-9-4-5-9/h3,6-7,9,13H,2,4-5H2,1H3,(H,14,15). The Balaban J connectivity index is 2.25. The van der Waals surface area contributed by atoms with Crippen molar-refractivity contribution in [3.63, 3.8) is 0 Å². The fourth-order valence-electron chi connectivity index (χ4n) is 1.50. The van der Waals surface area contributed by atoms with Crippen LogP contribution in [0.25, 0.3) is 0 Å². The van der Waals surface area contributed by atoms with Gasteiger partial charge in [0.05, 0.1) is 17.9 Å². The molecule has 2 rings (SSSR count). The smallest absolute Gasteiger partial charge is 0.335 e. The summed E-state index contributed by atoms with van der Waals surface area (Å²) in [5.41, 5.74) is 1.07. The number of aromatic carboxylic acids is 1. The first kappa shape index (κ1) is 10.8. The van der Waals surface area contributed by atoms with E-state index in [1.807, 2.05) is 6.92 Å². The first-order valence-corrected chi connectivity index (χ1v) is 5.47. The predicted molar refractivity (Wildman–Crippen MR) is 61.2 cm³/mol. The molecule has 16 heavy (non-hydrogen) atoms. The number of nitrogens with one attached hydrogen (secondary N) is 1. The lowest BCUT2D eigenvalue weighted by Crippen LogP contribution is -2.06. The predicted octanol–water partition coefficient (Wildman–Crippen LogP) is 2.36. The normalized spacial score (nSPS) is 14.6. The van der Waals surface area contributed by atoms with Gasteiger partial charge in [0, 0.05) is 6.04 Å². The van der Waals surface area contributed by atoms with Crippen molar-refractivity contribution in [2.24, 2.45) is 0 Å². The zero-order chi connectivity index (χ0) is 11.5. The van der Waals surface area contributed by atoms with Gasteiger partial charge in [0.2, 0.25) is 0 Å². The van der Waals surface area contributed by atoms with E-state index in [9.17, 15) is 4.79 Å². The lowest BCUT2D eigenvalue weighted by Gasteiger charge is -2.12. The molecule has 0 aromatic heterocycles. The van der Waals surface area contributed by atoms with Crippen LogP contribution in [0.5, 0.6) is 5.75 Å². The van der Waals surface area contributed by atoms with Crippen LogP contribution in [0.4, 0.5) is 5.69 Å². The van der Waals surface area contributed by atoms with Crippen LogP contribution in [-0.4, -0.2) is 23.7 Å². The van der Waals surface area contributed by atoms with Crippen molar-refractivity contribution in [2.45, 2.75) is 25.8 Å². The monoisotopic (exact) mass is 221 g/mol. The molecule has 0 radical (unpaired) electrons. The summed E-state index contributed by atoms with van der Waals surface area (Å²) in [5, 5.41) is 12.2. The lowest BCUT2D eigenvalue weighted by atomic mass is 10.2. The van der Waals surface area contributed by atoms with E-state index in [2.05, 4.69) is 5.32 Å². The maximum absolute atomic E-state index is 10.9. The van der Waals surface area contributed by atoms with E-state index >= 15 is 0 Å². The molecule has 2 N–H and O–H groups in total. The van der Waals surface area contributed by atoms with Crippen LogP contribution >= 0.6 is 0 Å². The largest absolute Gasteiger partial charge is 0.492 e. The van der Waals surface area contributed by atoms with Gasteiger partial charge >= 0.3 is 5.97 Å². The molecule has 0 amide bonds. The second-order valence-corrected chi connectivity index (χ2v) is 3.87. The summed E-state index contributed by atoms with van der Waals surface area (Å²) in [6, 6.07) is 5.37. The topological polar surface area (TPSA) is 58.6 Å². The van der Waals surface area contributed by atoms with E-state index in [0.29, 0.717) is 12.6 Å². The summed E-state index contributed by atoms with van der Waals surface area (Å²) in [7, 11) is 0. The molecule has 0 heterocycles. The lowest BCUT2D eigenvalue weighted by molar-refractivity contribution is 0.0697. The third-order valence-corrected chi connectivity index (χ3v) is 2.46. The van der Waals surface area contributed by atoms with Crippen molar-refractivity contribution in [1.82, 2.24) is 0 Å². The van der Waals surface area contributed by atoms with E-state index in [1.54, 1.807) is 18.2 Å². The SMILES string of the molecule is CCOc1ccc(C(=O)O)cc1NC1CC1. The van der Waals surface area contributed by atoms with Gasteiger partial charge < -0.3 is 15.2 Å². The van der Waals surface area contributed by atoms with Gasteiger partial charge in [-0.15, -0.1) is 0 Å². The molecular formula is C12H15NO3. The molecule has 0 saturated heterocycles. The molecule has 0 atom stereocenters. The highest BCUT2D eigenvalue weighted by molar-refractivity contribution is 5.89. The Hall–Kier alpha value is -1.71. The highest BCUT2D eigenvalue weighted by Crippen LogP contribution is 2.31. The van der Waals surface area contributed by atoms with Gasteiger partial charge in [0.25, 0.3) is 0 Å². The average molecular weight is 221 g/mol. The Morgan fingerprint density at radius 2 is 2.31 bits per heavy atom. The van der Waals surface area contributed by atoms with Crippen LogP contribution < -0.4 is 10.1 Å². The van der Waals surface area contributed by atoms with Gasteiger partial charge in [0.15, 0.2) is 0 Å². The fourth-order valence-corrected chi connectivity index (χ4v) is 1.50. The summed E-state index contributed by atoms with van der Waals surface area (Å²) in [4.78, 5) is 10.9. The quantitative estimate of drug-likeness (QED) is 0.801. The molecule has 1 aliphatic rings. The summed E-state index contributed by atoms with van der Waals surface area (Å²) in [6.45, 7) is 2.48. The Bertz CT molecular complexity index is 399. The van der Waals surface area contributed by atoms with Crippen molar-refractivity contribution in [1.29, 1.82) is 0 Å². The van der Waals surface area contributed by atoms with E-state index in [-0.39, 0.29) is 5.56 Å². The van der Waals surface area contributed by atoms with Crippen LogP contribution in [-0.2, 0) is 0 Å². The minimum absolute atomic E-state index is 0.284. The van der Waals surface area contributed by atoms with Crippen LogP contribution in [0.15, 0.2) is 18.2 Å². The van der Waals surface area contributed by atoms with Gasteiger partial charge in [-0.05, 0) is 38.0 Å². The zero-order valence-electron chi connectivity index (χ0n) is 9.19. The number of rotatable bonds is 5. The Morgan fingerprint density at radius 3 is 2.88 bits per heavy atom. The van der Waals surface area contributed by atoms with Crippen LogP contribution in [0.3, 0.4) is 0 Å². The van der Waals surface area contributed by atoms with E-state index < -0.39 is 5.97 Å². The number of carboxylic acids is 1. The van der Waals surface area contributed by atoms with Gasteiger partial charge in [-0.25, -0.2) is 4.79 Å². The molecule has 1 saturated carbocycles. The molecule has 4 heteroatoms. The molecule has 0 aliphatic heterocycles.